The minimum atomic E-state index is -0.0972. The van der Waals surface area contributed by atoms with Crippen LogP contribution in [0.2, 0.25) is 0 Å². The summed E-state index contributed by atoms with van der Waals surface area (Å²) in [5.74, 6) is 0. The van der Waals surface area contributed by atoms with Gasteiger partial charge in [-0.2, -0.15) is 0 Å². The summed E-state index contributed by atoms with van der Waals surface area (Å²) in [5, 5.41) is 9.41. The van der Waals surface area contributed by atoms with Gasteiger partial charge in [0.1, 0.15) is 16.7 Å². The van der Waals surface area contributed by atoms with Crippen molar-refractivity contribution >= 4 is 27.8 Å². The first-order valence-electron chi connectivity index (χ1n) is 6.76. The smallest absolute Gasteiger partial charge is 0.142 e. The molecule has 5 heteroatoms. The van der Waals surface area contributed by atoms with Gasteiger partial charge in [0.05, 0.1) is 5.52 Å². The van der Waals surface area contributed by atoms with Crippen LogP contribution in [0, 0.1) is 0 Å². The molecule has 0 amide bonds. The van der Waals surface area contributed by atoms with E-state index in [2.05, 4.69) is 22.4 Å². The highest BCUT2D eigenvalue weighted by atomic mass is 32.2. The highest BCUT2D eigenvalue weighted by molar-refractivity contribution is 8.13. The third-order valence-electron chi connectivity index (χ3n) is 3.25. The van der Waals surface area contributed by atoms with E-state index in [0.29, 0.717) is 0 Å². The second kappa shape index (κ2) is 6.10. The SMILES string of the molecule is CS/C(=N\C(C)n1nnc2ccccc21)c1ccccc1. The van der Waals surface area contributed by atoms with Crippen LogP contribution < -0.4 is 0 Å². The maximum Gasteiger partial charge on any atom is 0.142 e. The molecule has 0 aliphatic carbocycles. The number of para-hydroxylation sites is 1. The van der Waals surface area contributed by atoms with E-state index in [1.54, 1.807) is 11.8 Å². The topological polar surface area (TPSA) is 43.1 Å². The minimum Gasteiger partial charge on any atom is -0.251 e. The molecule has 0 fully saturated rings. The molecule has 3 aromatic rings. The van der Waals surface area contributed by atoms with Gasteiger partial charge >= 0.3 is 0 Å². The lowest BCUT2D eigenvalue weighted by Gasteiger charge is -2.10. The number of rotatable bonds is 3. The number of nitrogens with zero attached hydrogens (tertiary/aromatic N) is 4. The summed E-state index contributed by atoms with van der Waals surface area (Å²) in [6, 6.07) is 18.1. The summed E-state index contributed by atoms with van der Waals surface area (Å²) in [6.07, 6.45) is 1.94. The van der Waals surface area contributed by atoms with E-state index < -0.39 is 0 Å². The summed E-state index contributed by atoms with van der Waals surface area (Å²) >= 11 is 1.64. The number of fused-ring (bicyclic) bond motifs is 1. The molecule has 3 rings (SSSR count). The fourth-order valence-corrected chi connectivity index (χ4v) is 2.84. The summed E-state index contributed by atoms with van der Waals surface area (Å²) < 4.78 is 1.86. The van der Waals surface area contributed by atoms with Gasteiger partial charge < -0.3 is 0 Å². The highest BCUT2D eigenvalue weighted by Crippen LogP contribution is 2.19. The molecule has 21 heavy (non-hydrogen) atoms. The lowest BCUT2D eigenvalue weighted by atomic mass is 10.2. The average Bonchev–Trinajstić information content (AvgIpc) is 2.97. The molecule has 0 bridgehead atoms. The first kappa shape index (κ1) is 13.8. The van der Waals surface area contributed by atoms with Gasteiger partial charge in [0.2, 0.25) is 0 Å². The molecule has 1 aromatic heterocycles. The second-order valence-electron chi connectivity index (χ2n) is 4.66. The maximum absolute atomic E-state index is 4.80. The molecular formula is C16H16N4S. The Morgan fingerprint density at radius 1 is 1.10 bits per heavy atom. The van der Waals surface area contributed by atoms with Crippen molar-refractivity contribution in [3.05, 3.63) is 60.2 Å². The Balaban J connectivity index is 1.97. The van der Waals surface area contributed by atoms with Gasteiger partial charge in [-0.05, 0) is 25.3 Å². The first-order valence-corrected chi connectivity index (χ1v) is 7.99. The number of hydrogen-bond acceptors (Lipinski definition) is 4. The Bertz CT molecular complexity index is 764. The monoisotopic (exact) mass is 296 g/mol. The van der Waals surface area contributed by atoms with Gasteiger partial charge in [-0.1, -0.05) is 47.7 Å². The van der Waals surface area contributed by atoms with Crippen LogP contribution in [0.1, 0.15) is 18.7 Å². The van der Waals surface area contributed by atoms with E-state index in [1.807, 2.05) is 60.3 Å². The molecule has 0 saturated heterocycles. The molecule has 0 saturated carbocycles. The Morgan fingerprint density at radius 2 is 1.81 bits per heavy atom. The predicted octanol–water partition coefficient (Wildman–Crippen LogP) is 3.76. The number of aliphatic imine (C=N–C) groups is 1. The van der Waals surface area contributed by atoms with Crippen molar-refractivity contribution in [1.82, 2.24) is 15.0 Å². The van der Waals surface area contributed by atoms with E-state index in [0.717, 1.165) is 21.6 Å². The van der Waals surface area contributed by atoms with Crippen LogP contribution in [0.4, 0.5) is 0 Å². The van der Waals surface area contributed by atoms with E-state index >= 15 is 0 Å². The predicted molar refractivity (Wildman–Crippen MR) is 88.7 cm³/mol. The maximum atomic E-state index is 4.80. The number of thioether (sulfide) groups is 1. The third kappa shape index (κ3) is 2.83. The molecule has 106 valence electrons. The molecule has 4 nitrogen and oxygen atoms in total. The minimum absolute atomic E-state index is 0.0972. The van der Waals surface area contributed by atoms with E-state index in [9.17, 15) is 0 Å². The van der Waals surface area contributed by atoms with Crippen LogP contribution >= 0.6 is 11.8 Å². The zero-order valence-electron chi connectivity index (χ0n) is 12.0. The molecule has 0 aliphatic rings. The molecule has 1 atom stereocenters. The summed E-state index contributed by atoms with van der Waals surface area (Å²) in [6.45, 7) is 2.03. The third-order valence-corrected chi connectivity index (χ3v) is 3.98. The molecule has 0 aliphatic heterocycles. The van der Waals surface area contributed by atoms with Crippen molar-refractivity contribution < 1.29 is 0 Å². The fraction of sp³-hybridized carbons (Fsp3) is 0.188. The lowest BCUT2D eigenvalue weighted by Crippen LogP contribution is -2.07. The summed E-state index contributed by atoms with van der Waals surface area (Å²) in [7, 11) is 0. The van der Waals surface area contributed by atoms with Crippen molar-refractivity contribution in [2.24, 2.45) is 4.99 Å². The van der Waals surface area contributed by atoms with Gasteiger partial charge in [0.15, 0.2) is 0 Å². The molecule has 1 unspecified atom stereocenters. The zero-order chi connectivity index (χ0) is 14.7. The molecule has 0 N–H and O–H groups in total. The van der Waals surface area contributed by atoms with Crippen LogP contribution in [0.5, 0.6) is 0 Å². The number of hydrogen-bond donors (Lipinski definition) is 0. The van der Waals surface area contributed by atoms with Crippen LogP contribution in [0.15, 0.2) is 59.6 Å². The van der Waals surface area contributed by atoms with Crippen molar-refractivity contribution in [2.45, 2.75) is 13.1 Å². The van der Waals surface area contributed by atoms with Crippen molar-refractivity contribution in [3.63, 3.8) is 0 Å². The lowest BCUT2D eigenvalue weighted by molar-refractivity contribution is 0.512. The molecule has 2 aromatic carbocycles. The second-order valence-corrected chi connectivity index (χ2v) is 5.45. The van der Waals surface area contributed by atoms with Crippen LogP contribution in [0.3, 0.4) is 0 Å². The molecular weight excluding hydrogens is 280 g/mol. The van der Waals surface area contributed by atoms with Gasteiger partial charge in [-0.15, -0.1) is 16.9 Å². The van der Waals surface area contributed by atoms with Crippen molar-refractivity contribution in [3.8, 4) is 0 Å². The Hall–Kier alpha value is -2.14. The average molecular weight is 296 g/mol. The molecule has 1 heterocycles. The van der Waals surface area contributed by atoms with Crippen molar-refractivity contribution in [2.75, 3.05) is 6.26 Å². The van der Waals surface area contributed by atoms with Gasteiger partial charge in [-0.25, -0.2) is 4.68 Å². The standard InChI is InChI=1S/C16H16N4S/c1-12(17-16(21-2)13-8-4-3-5-9-13)20-15-11-7-6-10-14(15)18-19-20/h3-12H,1-2H3/b17-16-. The largest absolute Gasteiger partial charge is 0.251 e. The Labute approximate surface area is 127 Å². The quantitative estimate of drug-likeness (QED) is 0.546. The van der Waals surface area contributed by atoms with Crippen LogP contribution in [0.25, 0.3) is 11.0 Å². The first-order chi connectivity index (χ1) is 10.3. The van der Waals surface area contributed by atoms with Crippen LogP contribution in [-0.2, 0) is 0 Å². The fourth-order valence-electron chi connectivity index (χ4n) is 2.21. The summed E-state index contributed by atoms with van der Waals surface area (Å²) in [4.78, 5) is 4.80. The van der Waals surface area contributed by atoms with Gasteiger partial charge in [0, 0.05) is 5.56 Å². The Morgan fingerprint density at radius 3 is 2.57 bits per heavy atom. The van der Waals surface area contributed by atoms with Crippen LogP contribution in [-0.4, -0.2) is 26.3 Å². The summed E-state index contributed by atoms with van der Waals surface area (Å²) in [5.41, 5.74) is 3.02. The van der Waals surface area contributed by atoms with Crippen molar-refractivity contribution in [1.29, 1.82) is 0 Å². The zero-order valence-corrected chi connectivity index (χ0v) is 12.8. The number of aromatic nitrogens is 3. The highest BCUT2D eigenvalue weighted by Gasteiger charge is 2.11. The molecule has 0 spiro atoms. The van der Waals surface area contributed by atoms with E-state index in [-0.39, 0.29) is 6.17 Å². The molecule has 0 radical (unpaired) electrons. The normalized spacial score (nSPS) is 13.5. The number of benzene rings is 2. The van der Waals surface area contributed by atoms with E-state index in [4.69, 9.17) is 4.99 Å². The van der Waals surface area contributed by atoms with E-state index in [1.165, 1.54) is 0 Å². The van der Waals surface area contributed by atoms with Gasteiger partial charge in [-0.3, -0.25) is 4.99 Å². The Kier molecular flexibility index (Phi) is 4.01. The van der Waals surface area contributed by atoms with Gasteiger partial charge in [0.25, 0.3) is 0 Å².